The molecule has 3 nitrogen and oxygen atoms in total. The van der Waals surface area contributed by atoms with E-state index < -0.39 is 53.0 Å². The molecular formula is C15H10F6N2O. The molecule has 0 saturated heterocycles. The number of carbonyl (C=O) groups is 1. The molecule has 0 aromatic heterocycles. The Morgan fingerprint density at radius 1 is 0.958 bits per heavy atom. The number of alkyl halides is 3. The van der Waals surface area contributed by atoms with E-state index in [4.69, 9.17) is 0 Å². The molecule has 2 rings (SSSR count). The lowest BCUT2D eigenvalue weighted by Gasteiger charge is -2.11. The summed E-state index contributed by atoms with van der Waals surface area (Å²) in [5.41, 5.74) is -1.94. The molecule has 0 spiro atoms. The minimum absolute atomic E-state index is 0.403. The summed E-state index contributed by atoms with van der Waals surface area (Å²) in [6, 6.07) is 3.08. The maximum atomic E-state index is 13.5. The van der Waals surface area contributed by atoms with E-state index in [0.717, 1.165) is 18.2 Å². The highest BCUT2D eigenvalue weighted by atomic mass is 19.4. The molecule has 2 N–H and O–H groups in total. The average Bonchev–Trinajstić information content (AvgIpc) is 2.49. The smallest absolute Gasteiger partial charge is 0.334 e. The van der Waals surface area contributed by atoms with Gasteiger partial charge in [-0.05, 0) is 30.3 Å². The number of halogens is 6. The highest BCUT2D eigenvalue weighted by Crippen LogP contribution is 2.30. The van der Waals surface area contributed by atoms with Crippen LogP contribution < -0.4 is 10.6 Å². The van der Waals surface area contributed by atoms with Crippen LogP contribution in [0, 0.1) is 17.5 Å². The van der Waals surface area contributed by atoms with E-state index in [9.17, 15) is 31.1 Å². The van der Waals surface area contributed by atoms with Crippen LogP contribution in [0.2, 0.25) is 0 Å². The lowest BCUT2D eigenvalue weighted by Crippen LogP contribution is -2.29. The topological polar surface area (TPSA) is 41.1 Å². The third-order valence-electron chi connectivity index (χ3n) is 2.99. The summed E-state index contributed by atoms with van der Waals surface area (Å²) in [5.74, 6) is -2.65. The zero-order valence-corrected chi connectivity index (χ0v) is 11.8. The van der Waals surface area contributed by atoms with Gasteiger partial charge < -0.3 is 10.6 Å². The molecule has 2 aromatic carbocycles. The molecule has 0 fully saturated rings. The molecule has 0 aliphatic heterocycles. The maximum absolute atomic E-state index is 13.5. The molecule has 0 aliphatic carbocycles. The fourth-order valence-corrected chi connectivity index (χ4v) is 1.82. The average molecular weight is 348 g/mol. The van der Waals surface area contributed by atoms with Crippen LogP contribution in [0.3, 0.4) is 0 Å². The Kier molecular flexibility index (Phi) is 5.01. The molecule has 0 unspecified atom stereocenters. The minimum atomic E-state index is -4.66. The first-order chi connectivity index (χ1) is 11.2. The molecule has 0 atom stereocenters. The highest BCUT2D eigenvalue weighted by Gasteiger charge is 2.31. The highest BCUT2D eigenvalue weighted by molar-refractivity contribution is 5.89. The van der Waals surface area contributed by atoms with Gasteiger partial charge >= 0.3 is 12.2 Å². The van der Waals surface area contributed by atoms with Crippen molar-refractivity contribution in [3.63, 3.8) is 0 Å². The van der Waals surface area contributed by atoms with Gasteiger partial charge in [-0.25, -0.2) is 18.0 Å². The van der Waals surface area contributed by atoms with Crippen molar-refractivity contribution in [3.05, 3.63) is 65.0 Å². The molecule has 0 saturated carbocycles. The number of nitrogens with one attached hydrogen (secondary N) is 2. The normalized spacial score (nSPS) is 11.2. The van der Waals surface area contributed by atoms with Crippen molar-refractivity contribution in [2.24, 2.45) is 0 Å². The van der Waals surface area contributed by atoms with Gasteiger partial charge in [0.05, 0.1) is 11.3 Å². The molecule has 128 valence electrons. The second-order valence-corrected chi connectivity index (χ2v) is 4.74. The summed E-state index contributed by atoms with van der Waals surface area (Å²) < 4.78 is 77.5. The second-order valence-electron chi connectivity index (χ2n) is 4.74. The van der Waals surface area contributed by atoms with E-state index in [1.54, 1.807) is 0 Å². The van der Waals surface area contributed by atoms with Gasteiger partial charge in [0.1, 0.15) is 17.5 Å². The molecule has 2 amide bonds. The Labute approximate surface area is 132 Å². The summed E-state index contributed by atoms with van der Waals surface area (Å²) in [6.07, 6.45) is -4.66. The van der Waals surface area contributed by atoms with Gasteiger partial charge in [0.15, 0.2) is 0 Å². The zero-order chi connectivity index (χ0) is 17.9. The summed E-state index contributed by atoms with van der Waals surface area (Å²) >= 11 is 0. The van der Waals surface area contributed by atoms with Crippen molar-refractivity contribution in [1.82, 2.24) is 5.32 Å². The number of urea groups is 1. The number of rotatable bonds is 3. The largest absolute Gasteiger partial charge is 0.416 e. The van der Waals surface area contributed by atoms with Crippen molar-refractivity contribution in [2.75, 3.05) is 5.32 Å². The van der Waals surface area contributed by atoms with Crippen molar-refractivity contribution in [3.8, 4) is 0 Å². The van der Waals surface area contributed by atoms with Crippen LogP contribution in [-0.4, -0.2) is 6.03 Å². The summed E-state index contributed by atoms with van der Waals surface area (Å²) in [4.78, 5) is 11.6. The molecule has 0 radical (unpaired) electrons. The van der Waals surface area contributed by atoms with Crippen molar-refractivity contribution < 1.29 is 31.1 Å². The number of anilines is 1. The minimum Gasteiger partial charge on any atom is -0.334 e. The van der Waals surface area contributed by atoms with Crippen molar-refractivity contribution in [2.45, 2.75) is 12.7 Å². The van der Waals surface area contributed by atoms with E-state index in [2.05, 4.69) is 5.32 Å². The Morgan fingerprint density at radius 3 is 2.29 bits per heavy atom. The van der Waals surface area contributed by atoms with Gasteiger partial charge in [-0.3, -0.25) is 0 Å². The van der Waals surface area contributed by atoms with Gasteiger partial charge in [-0.1, -0.05) is 0 Å². The third kappa shape index (κ3) is 4.40. The van der Waals surface area contributed by atoms with E-state index in [0.29, 0.717) is 18.2 Å². The van der Waals surface area contributed by atoms with Gasteiger partial charge in [-0.2, -0.15) is 13.2 Å². The number of hydrogen-bond donors (Lipinski definition) is 2. The Bertz CT molecular complexity index is 760. The van der Waals surface area contributed by atoms with Gasteiger partial charge in [-0.15, -0.1) is 0 Å². The quantitative estimate of drug-likeness (QED) is 0.791. The summed E-state index contributed by atoms with van der Waals surface area (Å²) in [5, 5.41) is 4.04. The second kappa shape index (κ2) is 6.81. The molecule has 0 heterocycles. The Balaban J connectivity index is 2.05. The van der Waals surface area contributed by atoms with Crippen molar-refractivity contribution in [1.29, 1.82) is 0 Å². The lowest BCUT2D eigenvalue weighted by atomic mass is 10.1. The van der Waals surface area contributed by atoms with E-state index in [1.807, 2.05) is 5.32 Å². The lowest BCUT2D eigenvalue weighted by molar-refractivity contribution is -0.137. The molecule has 0 aliphatic rings. The monoisotopic (exact) mass is 348 g/mol. The van der Waals surface area contributed by atoms with Crippen molar-refractivity contribution >= 4 is 11.7 Å². The fraction of sp³-hybridized carbons (Fsp3) is 0.133. The fourth-order valence-electron chi connectivity index (χ4n) is 1.82. The van der Waals surface area contributed by atoms with Crippen LogP contribution in [0.5, 0.6) is 0 Å². The summed E-state index contributed by atoms with van der Waals surface area (Å²) in [6.45, 7) is -0.571. The number of amides is 2. The first kappa shape index (κ1) is 17.6. The predicted molar refractivity (Wildman–Crippen MR) is 73.6 cm³/mol. The van der Waals surface area contributed by atoms with Crippen LogP contribution in [0.4, 0.5) is 36.8 Å². The van der Waals surface area contributed by atoms with Gasteiger partial charge in [0.2, 0.25) is 0 Å². The number of carbonyl (C=O) groups excluding carboxylic acids is 1. The SMILES string of the molecule is O=C(NCc1cc(C(F)(F)F)ccc1F)Nc1cc(F)ccc1F. The van der Waals surface area contributed by atoms with Crippen LogP contribution in [0.1, 0.15) is 11.1 Å². The molecule has 0 bridgehead atoms. The first-order valence-electron chi connectivity index (χ1n) is 6.52. The van der Waals surface area contributed by atoms with E-state index >= 15 is 0 Å². The maximum Gasteiger partial charge on any atom is 0.416 e. The first-order valence-corrected chi connectivity index (χ1v) is 6.52. The third-order valence-corrected chi connectivity index (χ3v) is 2.99. The van der Waals surface area contributed by atoms with Crippen LogP contribution in [-0.2, 0) is 12.7 Å². The van der Waals surface area contributed by atoms with Gasteiger partial charge in [0.25, 0.3) is 0 Å². The Hall–Kier alpha value is -2.71. The van der Waals surface area contributed by atoms with Crippen LogP contribution in [0.25, 0.3) is 0 Å². The predicted octanol–water partition coefficient (Wildman–Crippen LogP) is 4.44. The molecule has 2 aromatic rings. The number of benzene rings is 2. The molecular weight excluding hydrogens is 338 g/mol. The number of hydrogen-bond acceptors (Lipinski definition) is 1. The van der Waals surface area contributed by atoms with Crippen LogP contribution in [0.15, 0.2) is 36.4 Å². The van der Waals surface area contributed by atoms with Gasteiger partial charge in [0, 0.05) is 18.2 Å². The Morgan fingerprint density at radius 2 is 1.62 bits per heavy atom. The molecule has 9 heteroatoms. The molecule has 24 heavy (non-hydrogen) atoms. The zero-order valence-electron chi connectivity index (χ0n) is 11.8. The van der Waals surface area contributed by atoms with E-state index in [-0.39, 0.29) is 0 Å². The standard InChI is InChI=1S/C15H10F6N2O/c16-10-2-4-12(18)13(6-10)23-14(24)22-7-8-5-9(15(19,20)21)1-3-11(8)17/h1-6H,7H2,(H2,22,23,24). The summed E-state index contributed by atoms with van der Waals surface area (Å²) in [7, 11) is 0. The van der Waals surface area contributed by atoms with Crippen LogP contribution >= 0.6 is 0 Å². The van der Waals surface area contributed by atoms with E-state index in [1.165, 1.54) is 0 Å².